The Hall–Kier alpha value is -0.810. The molecule has 1 saturated heterocycles. The Morgan fingerprint density at radius 1 is 1.67 bits per heavy atom. The van der Waals surface area contributed by atoms with Crippen LogP contribution in [0.15, 0.2) is 17.4 Å². The Balaban J connectivity index is 1.86. The van der Waals surface area contributed by atoms with Gasteiger partial charge in [0.05, 0.1) is 0 Å². The van der Waals surface area contributed by atoms with Gasteiger partial charge in [0.15, 0.2) is 5.16 Å². The van der Waals surface area contributed by atoms with E-state index in [4.69, 9.17) is 0 Å². The number of thioether (sulfide) groups is 1. The van der Waals surface area contributed by atoms with E-state index < -0.39 is 0 Å². The van der Waals surface area contributed by atoms with Crippen molar-refractivity contribution in [1.82, 2.24) is 15.3 Å². The SMILES string of the molecule is CSc1nccc(NC[C@@H]2CCCN2)n1. The monoisotopic (exact) mass is 224 g/mol. The zero-order valence-electron chi connectivity index (χ0n) is 8.86. The fourth-order valence-electron chi connectivity index (χ4n) is 1.70. The van der Waals surface area contributed by atoms with Crippen LogP contribution in [-0.2, 0) is 0 Å². The van der Waals surface area contributed by atoms with Gasteiger partial charge in [0.1, 0.15) is 5.82 Å². The van der Waals surface area contributed by atoms with Crippen LogP contribution >= 0.6 is 11.8 Å². The van der Waals surface area contributed by atoms with E-state index in [-0.39, 0.29) is 0 Å². The van der Waals surface area contributed by atoms with E-state index in [2.05, 4.69) is 20.6 Å². The van der Waals surface area contributed by atoms with Crippen molar-refractivity contribution in [1.29, 1.82) is 0 Å². The number of rotatable bonds is 4. The Kier molecular flexibility index (Phi) is 3.80. The molecule has 15 heavy (non-hydrogen) atoms. The molecule has 0 radical (unpaired) electrons. The summed E-state index contributed by atoms with van der Waals surface area (Å²) in [5, 5.41) is 7.60. The molecule has 1 aliphatic rings. The Labute approximate surface area is 94.3 Å². The van der Waals surface area contributed by atoms with E-state index in [1.165, 1.54) is 12.8 Å². The van der Waals surface area contributed by atoms with Crippen molar-refractivity contribution < 1.29 is 0 Å². The third-order valence-corrected chi connectivity index (χ3v) is 3.07. The summed E-state index contributed by atoms with van der Waals surface area (Å²) < 4.78 is 0. The number of anilines is 1. The van der Waals surface area contributed by atoms with Crippen molar-refractivity contribution in [2.24, 2.45) is 0 Å². The molecule has 0 spiro atoms. The van der Waals surface area contributed by atoms with Gasteiger partial charge in [-0.2, -0.15) is 0 Å². The van der Waals surface area contributed by atoms with Gasteiger partial charge in [-0.05, 0) is 31.7 Å². The van der Waals surface area contributed by atoms with Gasteiger partial charge < -0.3 is 10.6 Å². The molecule has 0 amide bonds. The van der Waals surface area contributed by atoms with Crippen LogP contribution in [-0.4, -0.2) is 35.4 Å². The topological polar surface area (TPSA) is 49.8 Å². The number of nitrogens with one attached hydrogen (secondary N) is 2. The van der Waals surface area contributed by atoms with Gasteiger partial charge in [0, 0.05) is 18.8 Å². The highest BCUT2D eigenvalue weighted by Gasteiger charge is 2.13. The lowest BCUT2D eigenvalue weighted by Gasteiger charge is -2.11. The first kappa shape index (κ1) is 10.7. The zero-order chi connectivity index (χ0) is 10.5. The predicted octanol–water partition coefficient (Wildman–Crippen LogP) is 1.36. The van der Waals surface area contributed by atoms with Crippen molar-refractivity contribution in [2.75, 3.05) is 24.7 Å². The van der Waals surface area contributed by atoms with Gasteiger partial charge in [0.25, 0.3) is 0 Å². The quantitative estimate of drug-likeness (QED) is 0.597. The maximum Gasteiger partial charge on any atom is 0.189 e. The fourth-order valence-corrected chi connectivity index (χ4v) is 2.05. The normalized spacial score (nSPS) is 20.5. The van der Waals surface area contributed by atoms with Crippen molar-refractivity contribution >= 4 is 17.6 Å². The Bertz CT molecular complexity index is 312. The van der Waals surface area contributed by atoms with E-state index in [0.29, 0.717) is 6.04 Å². The highest BCUT2D eigenvalue weighted by Crippen LogP contribution is 2.11. The zero-order valence-corrected chi connectivity index (χ0v) is 9.68. The molecule has 0 saturated carbocycles. The third-order valence-electron chi connectivity index (χ3n) is 2.51. The van der Waals surface area contributed by atoms with Gasteiger partial charge in [-0.1, -0.05) is 11.8 Å². The molecule has 4 nitrogen and oxygen atoms in total. The van der Waals surface area contributed by atoms with Crippen LogP contribution in [0.25, 0.3) is 0 Å². The molecule has 1 aromatic rings. The van der Waals surface area contributed by atoms with Crippen molar-refractivity contribution in [3.8, 4) is 0 Å². The first-order valence-electron chi connectivity index (χ1n) is 5.23. The van der Waals surface area contributed by atoms with Crippen LogP contribution < -0.4 is 10.6 Å². The molecule has 2 rings (SSSR count). The van der Waals surface area contributed by atoms with Gasteiger partial charge >= 0.3 is 0 Å². The average Bonchev–Trinajstić information content (AvgIpc) is 2.79. The second-order valence-electron chi connectivity index (χ2n) is 3.60. The molecule has 82 valence electrons. The smallest absolute Gasteiger partial charge is 0.189 e. The number of nitrogens with zero attached hydrogens (tertiary/aromatic N) is 2. The highest BCUT2D eigenvalue weighted by molar-refractivity contribution is 7.98. The van der Waals surface area contributed by atoms with Crippen LogP contribution in [0.4, 0.5) is 5.82 Å². The largest absolute Gasteiger partial charge is 0.368 e. The molecular weight excluding hydrogens is 208 g/mol. The van der Waals surface area contributed by atoms with Crippen LogP contribution in [0, 0.1) is 0 Å². The molecule has 1 aliphatic heterocycles. The summed E-state index contributed by atoms with van der Waals surface area (Å²) in [4.78, 5) is 8.50. The highest BCUT2D eigenvalue weighted by atomic mass is 32.2. The van der Waals surface area contributed by atoms with E-state index in [1.807, 2.05) is 12.3 Å². The molecule has 0 bridgehead atoms. The van der Waals surface area contributed by atoms with Crippen LogP contribution in [0.1, 0.15) is 12.8 Å². The number of hydrogen-bond donors (Lipinski definition) is 2. The summed E-state index contributed by atoms with van der Waals surface area (Å²) >= 11 is 1.56. The molecule has 1 fully saturated rings. The average molecular weight is 224 g/mol. The first-order valence-corrected chi connectivity index (χ1v) is 6.45. The fraction of sp³-hybridized carbons (Fsp3) is 0.600. The Morgan fingerprint density at radius 2 is 2.60 bits per heavy atom. The number of hydrogen-bond acceptors (Lipinski definition) is 5. The summed E-state index contributed by atoms with van der Waals surface area (Å²) in [7, 11) is 0. The van der Waals surface area contributed by atoms with E-state index in [0.717, 1.165) is 24.1 Å². The van der Waals surface area contributed by atoms with E-state index in [9.17, 15) is 0 Å². The van der Waals surface area contributed by atoms with Gasteiger partial charge in [-0.25, -0.2) is 9.97 Å². The van der Waals surface area contributed by atoms with E-state index in [1.54, 1.807) is 18.0 Å². The molecule has 2 heterocycles. The molecule has 2 N–H and O–H groups in total. The predicted molar refractivity (Wildman–Crippen MR) is 63.3 cm³/mol. The molecule has 0 unspecified atom stereocenters. The summed E-state index contributed by atoms with van der Waals surface area (Å²) in [6.45, 7) is 2.09. The van der Waals surface area contributed by atoms with E-state index >= 15 is 0 Å². The maximum atomic E-state index is 4.37. The minimum atomic E-state index is 0.595. The van der Waals surface area contributed by atoms with Crippen LogP contribution in [0.2, 0.25) is 0 Å². The lowest BCUT2D eigenvalue weighted by Crippen LogP contribution is -2.29. The third kappa shape index (κ3) is 3.07. The summed E-state index contributed by atoms with van der Waals surface area (Å²) in [5.41, 5.74) is 0. The van der Waals surface area contributed by atoms with Gasteiger partial charge in [0.2, 0.25) is 0 Å². The van der Waals surface area contributed by atoms with Crippen LogP contribution in [0.3, 0.4) is 0 Å². The lowest BCUT2D eigenvalue weighted by molar-refractivity contribution is 0.632. The second-order valence-corrected chi connectivity index (χ2v) is 4.38. The van der Waals surface area contributed by atoms with Crippen molar-refractivity contribution in [3.63, 3.8) is 0 Å². The minimum absolute atomic E-state index is 0.595. The standard InChI is InChI=1S/C10H16N4S/c1-15-10-12-6-4-9(14-10)13-7-8-3-2-5-11-8/h4,6,8,11H,2-3,5,7H2,1H3,(H,12,13,14)/t8-/m0/s1. The van der Waals surface area contributed by atoms with Crippen LogP contribution in [0.5, 0.6) is 0 Å². The Morgan fingerprint density at radius 3 is 3.33 bits per heavy atom. The summed E-state index contributed by atoms with van der Waals surface area (Å²) in [5.74, 6) is 0.919. The molecule has 1 atom stereocenters. The molecule has 5 heteroatoms. The maximum absolute atomic E-state index is 4.37. The minimum Gasteiger partial charge on any atom is -0.368 e. The summed E-state index contributed by atoms with van der Waals surface area (Å²) in [6.07, 6.45) is 6.32. The first-order chi connectivity index (χ1) is 7.38. The molecule has 0 aliphatic carbocycles. The molecular formula is C10H16N4S. The lowest BCUT2D eigenvalue weighted by atomic mass is 10.2. The van der Waals surface area contributed by atoms with Gasteiger partial charge in [-0.15, -0.1) is 0 Å². The second kappa shape index (κ2) is 5.32. The van der Waals surface area contributed by atoms with Gasteiger partial charge in [-0.3, -0.25) is 0 Å². The molecule has 0 aromatic carbocycles. The van der Waals surface area contributed by atoms with Crippen molar-refractivity contribution in [3.05, 3.63) is 12.3 Å². The van der Waals surface area contributed by atoms with Crippen molar-refractivity contribution in [2.45, 2.75) is 24.0 Å². The number of aromatic nitrogens is 2. The summed E-state index contributed by atoms with van der Waals surface area (Å²) in [6, 6.07) is 2.51. The molecule has 1 aromatic heterocycles.